The minimum atomic E-state index is -0.267. The standard InChI is InChI=1S/C16H24FN3O.HI/c1-12-7-9-20(10-8-12)16(18)19-11-13(2)21-15-5-3-14(17)4-6-15;/h3-6,12-13H,7-11H2,1-2H3,(H2,18,19);1H. The van der Waals surface area contributed by atoms with Crippen LogP contribution in [0.5, 0.6) is 5.75 Å². The van der Waals surface area contributed by atoms with Gasteiger partial charge in [-0.1, -0.05) is 6.92 Å². The minimum Gasteiger partial charge on any atom is -0.489 e. The topological polar surface area (TPSA) is 50.8 Å². The molecule has 1 unspecified atom stereocenters. The molecule has 0 amide bonds. The fourth-order valence-corrected chi connectivity index (χ4v) is 2.34. The highest BCUT2D eigenvalue weighted by Gasteiger charge is 2.17. The number of nitrogens with two attached hydrogens (primary N) is 1. The zero-order valence-electron chi connectivity index (χ0n) is 13.2. The summed E-state index contributed by atoms with van der Waals surface area (Å²) < 4.78 is 18.5. The van der Waals surface area contributed by atoms with Gasteiger partial charge in [0.05, 0.1) is 6.54 Å². The van der Waals surface area contributed by atoms with E-state index in [0.29, 0.717) is 18.3 Å². The molecule has 4 nitrogen and oxygen atoms in total. The Balaban J connectivity index is 0.00000242. The van der Waals surface area contributed by atoms with E-state index >= 15 is 0 Å². The fourth-order valence-electron chi connectivity index (χ4n) is 2.34. The molecule has 1 saturated heterocycles. The molecule has 0 aromatic heterocycles. The molecule has 1 aromatic rings. The van der Waals surface area contributed by atoms with Crippen LogP contribution in [0.3, 0.4) is 0 Å². The summed E-state index contributed by atoms with van der Waals surface area (Å²) in [6, 6.07) is 6.00. The first kappa shape index (κ1) is 19.0. The van der Waals surface area contributed by atoms with Gasteiger partial charge in [-0.25, -0.2) is 9.38 Å². The molecule has 2 N–H and O–H groups in total. The largest absolute Gasteiger partial charge is 0.489 e. The summed E-state index contributed by atoms with van der Waals surface area (Å²) >= 11 is 0. The summed E-state index contributed by atoms with van der Waals surface area (Å²) in [4.78, 5) is 6.54. The molecule has 1 atom stereocenters. The predicted molar refractivity (Wildman–Crippen MR) is 98.4 cm³/mol. The Bertz CT molecular complexity index is 473. The second-order valence-electron chi connectivity index (χ2n) is 5.75. The zero-order valence-corrected chi connectivity index (χ0v) is 15.5. The lowest BCUT2D eigenvalue weighted by Crippen LogP contribution is -2.43. The van der Waals surface area contributed by atoms with Gasteiger partial charge in [-0.2, -0.15) is 0 Å². The van der Waals surface area contributed by atoms with Crippen LogP contribution in [0.1, 0.15) is 26.7 Å². The highest BCUT2D eigenvalue weighted by atomic mass is 127. The van der Waals surface area contributed by atoms with Gasteiger partial charge in [0, 0.05) is 13.1 Å². The second-order valence-corrected chi connectivity index (χ2v) is 5.75. The van der Waals surface area contributed by atoms with Crippen molar-refractivity contribution in [3.05, 3.63) is 30.1 Å². The minimum absolute atomic E-state index is 0. The van der Waals surface area contributed by atoms with Crippen molar-refractivity contribution in [1.29, 1.82) is 0 Å². The Morgan fingerprint density at radius 3 is 2.55 bits per heavy atom. The number of aliphatic imine (C=N–C) groups is 1. The van der Waals surface area contributed by atoms with Crippen LogP contribution in [0.4, 0.5) is 4.39 Å². The number of likely N-dealkylation sites (tertiary alicyclic amines) is 1. The van der Waals surface area contributed by atoms with Crippen molar-refractivity contribution >= 4 is 29.9 Å². The average Bonchev–Trinajstić information content (AvgIpc) is 2.48. The van der Waals surface area contributed by atoms with E-state index in [4.69, 9.17) is 10.5 Å². The number of hydrogen-bond acceptors (Lipinski definition) is 2. The van der Waals surface area contributed by atoms with E-state index in [2.05, 4.69) is 16.8 Å². The van der Waals surface area contributed by atoms with Crippen molar-refractivity contribution in [3.8, 4) is 5.75 Å². The van der Waals surface area contributed by atoms with Crippen LogP contribution in [0.25, 0.3) is 0 Å². The van der Waals surface area contributed by atoms with Crippen molar-refractivity contribution in [1.82, 2.24) is 4.90 Å². The quantitative estimate of drug-likeness (QED) is 0.462. The van der Waals surface area contributed by atoms with Gasteiger partial charge in [-0.15, -0.1) is 24.0 Å². The van der Waals surface area contributed by atoms with Gasteiger partial charge in [0.15, 0.2) is 5.96 Å². The van der Waals surface area contributed by atoms with Gasteiger partial charge in [-0.3, -0.25) is 0 Å². The molecule has 2 rings (SSSR count). The summed E-state index contributed by atoms with van der Waals surface area (Å²) in [5.41, 5.74) is 6.03. The summed E-state index contributed by atoms with van der Waals surface area (Å²) in [5.74, 6) is 1.74. The highest BCUT2D eigenvalue weighted by Crippen LogP contribution is 2.16. The molecular weight excluding hydrogens is 396 g/mol. The Kier molecular flexibility index (Phi) is 7.92. The van der Waals surface area contributed by atoms with Gasteiger partial charge in [0.2, 0.25) is 0 Å². The van der Waals surface area contributed by atoms with Gasteiger partial charge in [0.25, 0.3) is 0 Å². The van der Waals surface area contributed by atoms with Crippen LogP contribution >= 0.6 is 24.0 Å². The van der Waals surface area contributed by atoms with Crippen molar-refractivity contribution < 1.29 is 9.13 Å². The molecule has 0 bridgehead atoms. The summed E-state index contributed by atoms with van der Waals surface area (Å²) in [6.45, 7) is 6.64. The van der Waals surface area contributed by atoms with Crippen LogP contribution in [-0.2, 0) is 0 Å². The number of piperidine rings is 1. The molecule has 0 aliphatic carbocycles. The van der Waals surface area contributed by atoms with Gasteiger partial charge in [-0.05, 0) is 49.9 Å². The maximum absolute atomic E-state index is 12.8. The second kappa shape index (κ2) is 9.17. The third-order valence-corrected chi connectivity index (χ3v) is 3.77. The van der Waals surface area contributed by atoms with Gasteiger partial charge >= 0.3 is 0 Å². The number of rotatable bonds is 4. The first-order chi connectivity index (χ1) is 10.0. The number of hydrogen-bond donors (Lipinski definition) is 1. The normalized spacial score (nSPS) is 17.8. The number of halogens is 2. The third kappa shape index (κ3) is 5.98. The molecule has 1 aliphatic rings. The highest BCUT2D eigenvalue weighted by molar-refractivity contribution is 14.0. The molecule has 1 fully saturated rings. The summed E-state index contributed by atoms with van der Waals surface area (Å²) in [6.07, 6.45) is 2.23. The lowest BCUT2D eigenvalue weighted by atomic mass is 10.00. The summed E-state index contributed by atoms with van der Waals surface area (Å²) in [7, 11) is 0. The number of guanidine groups is 1. The lowest BCUT2D eigenvalue weighted by molar-refractivity contribution is 0.228. The molecule has 1 aromatic carbocycles. The van der Waals surface area contributed by atoms with Crippen molar-refractivity contribution in [3.63, 3.8) is 0 Å². The van der Waals surface area contributed by atoms with Crippen LogP contribution in [0.2, 0.25) is 0 Å². The molecule has 124 valence electrons. The maximum Gasteiger partial charge on any atom is 0.191 e. The first-order valence-corrected chi connectivity index (χ1v) is 7.51. The molecule has 22 heavy (non-hydrogen) atoms. The van der Waals surface area contributed by atoms with Gasteiger partial charge in [0.1, 0.15) is 17.7 Å². The Hall–Kier alpha value is -1.05. The van der Waals surface area contributed by atoms with E-state index in [0.717, 1.165) is 31.8 Å². The van der Waals surface area contributed by atoms with E-state index in [1.54, 1.807) is 12.1 Å². The van der Waals surface area contributed by atoms with E-state index in [-0.39, 0.29) is 35.9 Å². The fraction of sp³-hybridized carbons (Fsp3) is 0.562. The van der Waals surface area contributed by atoms with E-state index in [9.17, 15) is 4.39 Å². The van der Waals surface area contributed by atoms with Crippen molar-refractivity contribution in [2.75, 3.05) is 19.6 Å². The SMILES string of the molecule is CC1CCN(C(N)=NCC(C)Oc2ccc(F)cc2)CC1.I. The first-order valence-electron chi connectivity index (χ1n) is 7.51. The summed E-state index contributed by atoms with van der Waals surface area (Å²) in [5, 5.41) is 0. The van der Waals surface area contributed by atoms with Gasteiger partial charge < -0.3 is 15.4 Å². The average molecular weight is 421 g/mol. The van der Waals surface area contributed by atoms with Crippen LogP contribution in [0.15, 0.2) is 29.3 Å². The molecule has 0 saturated carbocycles. The molecular formula is C16H25FIN3O. The van der Waals surface area contributed by atoms with E-state index in [1.807, 2.05) is 6.92 Å². The molecule has 0 spiro atoms. The maximum atomic E-state index is 12.8. The number of ether oxygens (including phenoxy) is 1. The zero-order chi connectivity index (χ0) is 15.2. The Morgan fingerprint density at radius 2 is 1.95 bits per heavy atom. The lowest BCUT2D eigenvalue weighted by Gasteiger charge is -2.31. The smallest absolute Gasteiger partial charge is 0.191 e. The van der Waals surface area contributed by atoms with Crippen LogP contribution in [0, 0.1) is 11.7 Å². The Morgan fingerprint density at radius 1 is 1.36 bits per heavy atom. The number of benzene rings is 1. The molecule has 6 heteroatoms. The van der Waals surface area contributed by atoms with Crippen LogP contribution in [-0.4, -0.2) is 36.6 Å². The number of nitrogens with zero attached hydrogens (tertiary/aromatic N) is 2. The molecule has 0 radical (unpaired) electrons. The monoisotopic (exact) mass is 421 g/mol. The van der Waals surface area contributed by atoms with Crippen molar-refractivity contribution in [2.45, 2.75) is 32.8 Å². The van der Waals surface area contributed by atoms with E-state index in [1.165, 1.54) is 12.1 Å². The third-order valence-electron chi connectivity index (χ3n) is 3.77. The van der Waals surface area contributed by atoms with E-state index < -0.39 is 0 Å². The van der Waals surface area contributed by atoms with Crippen molar-refractivity contribution in [2.24, 2.45) is 16.6 Å². The molecule has 1 heterocycles. The Labute approximate surface area is 148 Å². The molecule has 1 aliphatic heterocycles. The predicted octanol–water partition coefficient (Wildman–Crippen LogP) is 3.26. The van der Waals surface area contributed by atoms with Crippen LogP contribution < -0.4 is 10.5 Å².